The highest BCUT2D eigenvalue weighted by Crippen LogP contribution is 2.29. The first kappa shape index (κ1) is 14.2. The molecule has 0 aliphatic carbocycles. The number of benzene rings is 2. The average Bonchev–Trinajstić information content (AvgIpc) is 2.43. The van der Waals surface area contributed by atoms with E-state index in [4.69, 9.17) is 4.79 Å². The van der Waals surface area contributed by atoms with E-state index in [1.165, 1.54) is 24.1 Å². The number of hydrogen-bond donors (Lipinski definition) is 2. The van der Waals surface area contributed by atoms with E-state index in [2.05, 4.69) is 6.58 Å². The number of hydrogen-bond acceptors (Lipinski definition) is 4. The van der Waals surface area contributed by atoms with Gasteiger partial charge in [-0.25, -0.2) is 4.79 Å². The molecule has 0 amide bonds. The van der Waals surface area contributed by atoms with E-state index < -0.39 is 0 Å². The first-order chi connectivity index (χ1) is 9.11. The molecule has 0 radical (unpaired) electrons. The molecule has 4 heteroatoms. The van der Waals surface area contributed by atoms with Crippen molar-refractivity contribution in [1.82, 2.24) is 0 Å². The van der Waals surface area contributed by atoms with Gasteiger partial charge in [-0.2, -0.15) is 0 Å². The minimum Gasteiger partial charge on any atom is -0.504 e. The molecule has 2 aromatic carbocycles. The molecular formula is C15H12O4. The number of aromatic hydroxyl groups is 2. The Morgan fingerprint density at radius 3 is 2.16 bits per heavy atom. The normalized spacial score (nSPS) is 8.84. The molecule has 0 bridgehead atoms. The molecule has 2 N–H and O–H groups in total. The van der Waals surface area contributed by atoms with Gasteiger partial charge in [-0.15, -0.1) is 0 Å². The lowest BCUT2D eigenvalue weighted by Gasteiger charge is -2.04. The van der Waals surface area contributed by atoms with Gasteiger partial charge in [-0.1, -0.05) is 36.4 Å². The van der Waals surface area contributed by atoms with Crippen LogP contribution in [0.3, 0.4) is 0 Å². The van der Waals surface area contributed by atoms with Crippen molar-refractivity contribution in [3.63, 3.8) is 0 Å². The van der Waals surface area contributed by atoms with E-state index in [1.54, 1.807) is 30.3 Å². The summed E-state index contributed by atoms with van der Waals surface area (Å²) in [5.74, 6) is 0.270. The van der Waals surface area contributed by atoms with Gasteiger partial charge in [0.05, 0.1) is 5.56 Å². The third kappa shape index (κ3) is 3.56. The van der Waals surface area contributed by atoms with Crippen molar-refractivity contribution in [2.75, 3.05) is 0 Å². The lowest BCUT2D eigenvalue weighted by Crippen LogP contribution is -2.01. The number of ketones is 1. The molecule has 0 saturated carbocycles. The van der Waals surface area contributed by atoms with Gasteiger partial charge < -0.3 is 10.2 Å². The fourth-order valence-corrected chi connectivity index (χ4v) is 1.46. The molecule has 0 saturated heterocycles. The summed E-state index contributed by atoms with van der Waals surface area (Å²) < 4.78 is 0. The number of para-hydroxylation sites is 1. The third-order valence-electron chi connectivity index (χ3n) is 2.30. The minimum absolute atomic E-state index is 0.103. The lowest BCUT2D eigenvalue weighted by molar-refractivity contribution is 0.103. The van der Waals surface area contributed by atoms with E-state index in [1.807, 2.05) is 0 Å². The molecule has 19 heavy (non-hydrogen) atoms. The molecular weight excluding hydrogens is 244 g/mol. The summed E-state index contributed by atoms with van der Waals surface area (Å²) in [6.45, 7) is 2.68. The zero-order chi connectivity index (χ0) is 14.3. The third-order valence-corrected chi connectivity index (χ3v) is 2.30. The minimum atomic E-state index is -0.378. The Morgan fingerprint density at radius 2 is 1.58 bits per heavy atom. The maximum Gasteiger partial charge on any atom is 0.196 e. The smallest absolute Gasteiger partial charge is 0.196 e. The summed E-state index contributed by atoms with van der Waals surface area (Å²) in [5, 5.41) is 18.9. The Labute approximate surface area is 110 Å². The van der Waals surface area contributed by atoms with Crippen LogP contribution in [0, 0.1) is 0 Å². The molecule has 96 valence electrons. The standard InChI is InChI=1S/C13H10O3.C2H2O/c14-11-8-4-7-10(13(11)16)12(15)9-5-2-1-3-6-9;1-2-3/h1-8,14,16H;1H2. The van der Waals surface area contributed by atoms with E-state index in [9.17, 15) is 15.0 Å². The largest absolute Gasteiger partial charge is 0.504 e. The van der Waals surface area contributed by atoms with Gasteiger partial charge in [-0.05, 0) is 18.7 Å². The van der Waals surface area contributed by atoms with Crippen molar-refractivity contribution in [3.8, 4) is 11.5 Å². The fraction of sp³-hybridized carbons (Fsp3) is 0. The summed E-state index contributed by atoms with van der Waals surface area (Å²) in [5.41, 5.74) is 0.578. The number of carbonyl (C=O) groups excluding carboxylic acids is 2. The van der Waals surface area contributed by atoms with Crippen molar-refractivity contribution < 1.29 is 19.8 Å². The van der Waals surface area contributed by atoms with Crippen molar-refractivity contribution in [2.45, 2.75) is 0 Å². The van der Waals surface area contributed by atoms with Crippen molar-refractivity contribution in [3.05, 3.63) is 66.2 Å². The fourth-order valence-electron chi connectivity index (χ4n) is 1.46. The molecule has 0 fully saturated rings. The van der Waals surface area contributed by atoms with Crippen LogP contribution in [-0.4, -0.2) is 21.9 Å². The molecule has 0 aromatic heterocycles. The second kappa shape index (κ2) is 6.79. The number of phenols is 2. The Bertz CT molecular complexity index is 597. The van der Waals surface area contributed by atoms with Crippen LogP contribution in [0.5, 0.6) is 11.5 Å². The number of carbonyl (C=O) groups is 1. The summed E-state index contributed by atoms with van der Waals surface area (Å²) in [6.07, 6.45) is 0. The van der Waals surface area contributed by atoms with Crippen LogP contribution < -0.4 is 0 Å². The van der Waals surface area contributed by atoms with Gasteiger partial charge in [0.15, 0.2) is 17.3 Å². The predicted molar refractivity (Wildman–Crippen MR) is 71.0 cm³/mol. The van der Waals surface area contributed by atoms with Crippen LogP contribution in [0.2, 0.25) is 0 Å². The topological polar surface area (TPSA) is 74.6 Å². The predicted octanol–water partition coefficient (Wildman–Crippen LogP) is 2.33. The Hall–Kier alpha value is -2.84. The summed E-state index contributed by atoms with van der Waals surface area (Å²) in [6, 6.07) is 12.9. The van der Waals surface area contributed by atoms with Gasteiger partial charge in [0.2, 0.25) is 0 Å². The quantitative estimate of drug-likeness (QED) is 0.491. The maximum absolute atomic E-state index is 11.9. The first-order valence-electron chi connectivity index (χ1n) is 5.36. The average molecular weight is 256 g/mol. The highest BCUT2D eigenvalue weighted by atomic mass is 16.3. The first-order valence-corrected chi connectivity index (χ1v) is 5.36. The van der Waals surface area contributed by atoms with Crippen molar-refractivity contribution in [1.29, 1.82) is 0 Å². The molecule has 4 nitrogen and oxygen atoms in total. The summed E-state index contributed by atoms with van der Waals surface area (Å²) in [7, 11) is 0. The van der Waals surface area contributed by atoms with E-state index in [-0.39, 0.29) is 22.8 Å². The van der Waals surface area contributed by atoms with Crippen molar-refractivity contribution >= 4 is 11.7 Å². The molecule has 0 unspecified atom stereocenters. The zero-order valence-corrected chi connectivity index (χ0v) is 10.0. The van der Waals surface area contributed by atoms with Crippen molar-refractivity contribution in [2.24, 2.45) is 0 Å². The Balaban J connectivity index is 0.000000550. The summed E-state index contributed by atoms with van der Waals surface area (Å²) >= 11 is 0. The van der Waals surface area contributed by atoms with Gasteiger partial charge in [0.25, 0.3) is 0 Å². The highest BCUT2D eigenvalue weighted by Gasteiger charge is 2.14. The SMILES string of the molecule is C=C=O.O=C(c1ccccc1)c1cccc(O)c1O. The Morgan fingerprint density at radius 1 is 1.00 bits per heavy atom. The van der Waals surface area contributed by atoms with Crippen LogP contribution in [0.1, 0.15) is 15.9 Å². The lowest BCUT2D eigenvalue weighted by atomic mass is 10.0. The van der Waals surface area contributed by atoms with Crippen LogP contribution in [0.15, 0.2) is 55.1 Å². The van der Waals surface area contributed by atoms with Crippen LogP contribution >= 0.6 is 0 Å². The van der Waals surface area contributed by atoms with Gasteiger partial charge in [0.1, 0.15) is 5.94 Å². The maximum atomic E-state index is 11.9. The molecule has 0 aliphatic rings. The second-order valence-corrected chi connectivity index (χ2v) is 3.51. The number of phenolic OH excluding ortho intramolecular Hbond substituents is 2. The van der Waals surface area contributed by atoms with Gasteiger partial charge in [-0.3, -0.25) is 4.79 Å². The second-order valence-electron chi connectivity index (χ2n) is 3.51. The molecule has 2 rings (SSSR count). The van der Waals surface area contributed by atoms with E-state index in [0.717, 1.165) is 0 Å². The summed E-state index contributed by atoms with van der Waals surface area (Å²) in [4.78, 5) is 20.5. The molecule has 0 aliphatic heterocycles. The molecule has 0 atom stereocenters. The van der Waals surface area contributed by atoms with Gasteiger partial charge in [0, 0.05) is 5.56 Å². The molecule has 0 heterocycles. The monoisotopic (exact) mass is 256 g/mol. The van der Waals surface area contributed by atoms with E-state index in [0.29, 0.717) is 5.56 Å². The van der Waals surface area contributed by atoms with Gasteiger partial charge >= 0.3 is 0 Å². The Kier molecular flexibility index (Phi) is 5.08. The van der Waals surface area contributed by atoms with Crippen LogP contribution in [-0.2, 0) is 4.79 Å². The zero-order valence-electron chi connectivity index (χ0n) is 10.0. The van der Waals surface area contributed by atoms with Crippen LogP contribution in [0.25, 0.3) is 0 Å². The molecule has 0 spiro atoms. The molecule has 2 aromatic rings. The van der Waals surface area contributed by atoms with Crippen LogP contribution in [0.4, 0.5) is 0 Å². The number of rotatable bonds is 2. The van der Waals surface area contributed by atoms with E-state index >= 15 is 0 Å². The highest BCUT2D eigenvalue weighted by molar-refractivity contribution is 6.11.